The highest BCUT2D eigenvalue weighted by Gasteiger charge is 2.34. The van der Waals surface area contributed by atoms with Gasteiger partial charge in [-0.15, -0.1) is 11.3 Å². The summed E-state index contributed by atoms with van der Waals surface area (Å²) in [4.78, 5) is 53.1. The van der Waals surface area contributed by atoms with Crippen molar-refractivity contribution in [2.24, 2.45) is 0 Å². The topological polar surface area (TPSA) is 99.9 Å². The molecule has 0 unspecified atom stereocenters. The van der Waals surface area contributed by atoms with Crippen LogP contribution in [0.5, 0.6) is 0 Å². The highest BCUT2D eigenvalue weighted by Crippen LogP contribution is 2.45. The van der Waals surface area contributed by atoms with Crippen LogP contribution in [0.25, 0.3) is 10.5 Å². The number of aromatic nitrogens is 1. The lowest BCUT2D eigenvalue weighted by molar-refractivity contribution is -0.137. The zero-order chi connectivity index (χ0) is 24.6. The molecule has 3 heterocycles. The number of aldehydes is 1. The Bertz CT molecular complexity index is 1440. The molecule has 0 atom stereocenters. The van der Waals surface area contributed by atoms with Crippen LogP contribution in [0.4, 0.5) is 5.69 Å². The molecule has 4 rings (SSSR count). The van der Waals surface area contributed by atoms with Crippen LogP contribution in [0.3, 0.4) is 0 Å². The zero-order valence-corrected chi connectivity index (χ0v) is 21.4. The second kappa shape index (κ2) is 9.90. The van der Waals surface area contributed by atoms with Crippen molar-refractivity contribution in [3.05, 3.63) is 54.9 Å². The summed E-state index contributed by atoms with van der Waals surface area (Å²) in [7, 11) is 0. The molecule has 0 bridgehead atoms. The van der Waals surface area contributed by atoms with Gasteiger partial charge in [0, 0.05) is 11.4 Å². The summed E-state index contributed by atoms with van der Waals surface area (Å²) in [5, 5.41) is 10.3. The fourth-order valence-electron chi connectivity index (χ4n) is 3.60. The smallest absolute Gasteiger partial charge is 0.323 e. The lowest BCUT2D eigenvalue weighted by atomic mass is 10.2. The zero-order valence-electron chi connectivity index (χ0n) is 18.1. The van der Waals surface area contributed by atoms with Gasteiger partial charge in [-0.2, -0.15) is 0 Å². The molecule has 0 saturated carbocycles. The van der Waals surface area contributed by atoms with Gasteiger partial charge < -0.3 is 14.8 Å². The first-order valence-corrected chi connectivity index (χ1v) is 13.0. The van der Waals surface area contributed by atoms with Crippen LogP contribution in [0, 0.1) is 0 Å². The van der Waals surface area contributed by atoms with Gasteiger partial charge in [0.25, 0.3) is 11.5 Å². The number of nitrogens with zero attached hydrogens (tertiary/aromatic N) is 3. The summed E-state index contributed by atoms with van der Waals surface area (Å²) in [5.74, 6) is -1.71. The third-order valence-electron chi connectivity index (χ3n) is 5.13. The van der Waals surface area contributed by atoms with E-state index < -0.39 is 24.0 Å². The predicted octanol–water partition coefficient (Wildman–Crippen LogP) is 1.81. The van der Waals surface area contributed by atoms with E-state index in [1.54, 1.807) is 18.7 Å². The molecule has 8 nitrogen and oxygen atoms in total. The van der Waals surface area contributed by atoms with Crippen molar-refractivity contribution >= 4 is 85.7 Å². The van der Waals surface area contributed by atoms with Crippen molar-refractivity contribution in [1.82, 2.24) is 9.47 Å². The molecular weight excluding hydrogens is 515 g/mol. The fourth-order valence-corrected chi connectivity index (χ4v) is 7.37. The number of aliphatic carboxylic acids is 1. The summed E-state index contributed by atoms with van der Waals surface area (Å²) < 4.78 is 1.85. The first-order chi connectivity index (χ1) is 16.3. The number of allylic oxidation sites excluding steroid dienone is 1. The molecule has 2 aliphatic rings. The van der Waals surface area contributed by atoms with Crippen molar-refractivity contribution in [2.45, 2.75) is 25.3 Å². The predicted molar refractivity (Wildman–Crippen MR) is 139 cm³/mol. The summed E-state index contributed by atoms with van der Waals surface area (Å²) in [5.41, 5.74) is 1.27. The minimum Gasteiger partial charge on any atom is -0.480 e. The van der Waals surface area contributed by atoms with Gasteiger partial charge in [-0.05, 0) is 37.6 Å². The lowest BCUT2D eigenvalue weighted by Crippen LogP contribution is -2.36. The van der Waals surface area contributed by atoms with Gasteiger partial charge in [-0.25, -0.2) is 0 Å². The van der Waals surface area contributed by atoms with Crippen molar-refractivity contribution in [3.8, 4) is 0 Å². The van der Waals surface area contributed by atoms with Crippen LogP contribution in [-0.4, -0.2) is 50.1 Å². The van der Waals surface area contributed by atoms with Gasteiger partial charge >= 0.3 is 5.97 Å². The Labute approximate surface area is 212 Å². The first kappa shape index (κ1) is 24.5. The second-order valence-electron chi connectivity index (χ2n) is 7.28. The first-order valence-electron chi connectivity index (χ1n) is 10.2. The van der Waals surface area contributed by atoms with Gasteiger partial charge in [-0.3, -0.25) is 23.9 Å². The largest absolute Gasteiger partial charge is 0.480 e. The summed E-state index contributed by atoms with van der Waals surface area (Å²) in [6, 6.07) is 8.03. The molecule has 1 aromatic carbocycles. The highest BCUT2D eigenvalue weighted by molar-refractivity contribution is 8.30. The van der Waals surface area contributed by atoms with E-state index in [1.165, 1.54) is 0 Å². The Morgan fingerprint density at radius 1 is 1.18 bits per heavy atom. The number of carboxylic acid groups (broad SMARTS) is 1. The number of amides is 1. The van der Waals surface area contributed by atoms with E-state index in [0.717, 1.165) is 54.7 Å². The fraction of sp³-hybridized carbons (Fsp3) is 0.227. The molecule has 1 amide bonds. The molecule has 1 fully saturated rings. The maximum atomic E-state index is 13.3. The number of thiazole rings is 1. The molecular formula is C22H19N3O5S4. The molecule has 2 aliphatic heterocycles. The minimum atomic E-state index is -1.20. The number of anilines is 1. The number of carbonyl (C=O) groups excluding carboxylic acids is 2. The summed E-state index contributed by atoms with van der Waals surface area (Å²) in [6.45, 7) is 3.80. The standard InChI is InChI=1S/C22H19N3O5S4/c1-3-23-13-6-4-5-7-14(13)32-15(23)10-12(2)17-19(29)25(11-16(27)28)21(33-17)18-20(30)24(8-9-26)22(31)34-18/h4-7,9-10H,3,8,11H2,1-2H3,(H,27,28)/b15-10-,17-12+,21-18-. The van der Waals surface area contributed by atoms with Crippen LogP contribution >= 0.6 is 47.1 Å². The van der Waals surface area contributed by atoms with E-state index in [0.29, 0.717) is 16.4 Å². The van der Waals surface area contributed by atoms with E-state index in [4.69, 9.17) is 12.2 Å². The number of hydrogen-bond donors (Lipinski definition) is 1. The van der Waals surface area contributed by atoms with Gasteiger partial charge in [-0.1, -0.05) is 47.9 Å². The molecule has 34 heavy (non-hydrogen) atoms. The van der Waals surface area contributed by atoms with Crippen molar-refractivity contribution < 1.29 is 19.5 Å². The molecule has 12 heteroatoms. The minimum absolute atomic E-state index is 0.153. The molecule has 1 aromatic heterocycles. The average molecular weight is 534 g/mol. The van der Waals surface area contributed by atoms with Crippen molar-refractivity contribution in [2.75, 3.05) is 18.0 Å². The van der Waals surface area contributed by atoms with Gasteiger partial charge in [0.05, 0.1) is 21.8 Å². The number of carboxylic acids is 1. The normalized spacial score (nSPS) is 19.2. The third-order valence-corrected chi connectivity index (χ3v) is 9.13. The second-order valence-corrected chi connectivity index (χ2v) is 11.0. The Morgan fingerprint density at radius 3 is 2.59 bits per heavy atom. The number of benzene rings is 1. The van der Waals surface area contributed by atoms with Gasteiger partial charge in [0.15, 0.2) is 0 Å². The number of rotatable bonds is 6. The Balaban J connectivity index is 1.90. The quantitative estimate of drug-likeness (QED) is 0.440. The SMILES string of the molecule is CCN1/C(=C/C(C)=c2/s/c(=C3\SC(=S)N(CC=O)C3=O)n(CC(=O)O)c2=O)Sc2ccccc21. The van der Waals surface area contributed by atoms with Crippen LogP contribution in [0.15, 0.2) is 45.1 Å². The number of fused-ring (bicyclic) bond motifs is 1. The molecule has 0 radical (unpaired) electrons. The van der Waals surface area contributed by atoms with Crippen LogP contribution in [0.2, 0.25) is 0 Å². The highest BCUT2D eigenvalue weighted by atomic mass is 32.2. The molecule has 2 aromatic rings. The molecule has 0 aliphatic carbocycles. The van der Waals surface area contributed by atoms with Crippen LogP contribution in [-0.2, 0) is 20.9 Å². The van der Waals surface area contributed by atoms with Crippen LogP contribution < -0.4 is 19.7 Å². The molecule has 1 saturated heterocycles. The maximum Gasteiger partial charge on any atom is 0.323 e. The lowest BCUT2D eigenvalue weighted by Gasteiger charge is -2.17. The summed E-state index contributed by atoms with van der Waals surface area (Å²) in [6.07, 6.45) is 2.48. The third kappa shape index (κ3) is 4.38. The van der Waals surface area contributed by atoms with E-state index in [-0.39, 0.29) is 20.4 Å². The van der Waals surface area contributed by atoms with Gasteiger partial charge in [0.1, 0.15) is 26.7 Å². The Morgan fingerprint density at radius 2 is 1.91 bits per heavy atom. The van der Waals surface area contributed by atoms with Crippen molar-refractivity contribution in [1.29, 1.82) is 0 Å². The number of thiocarbonyl (C=S) groups is 1. The average Bonchev–Trinajstić information content (AvgIpc) is 3.40. The van der Waals surface area contributed by atoms with Gasteiger partial charge in [0.2, 0.25) is 0 Å². The molecule has 176 valence electrons. The number of carbonyl (C=O) groups is 3. The Hall–Kier alpha value is -2.67. The van der Waals surface area contributed by atoms with E-state index in [9.17, 15) is 24.3 Å². The monoisotopic (exact) mass is 533 g/mol. The number of thioether (sulfide) groups is 2. The van der Waals surface area contributed by atoms with E-state index >= 15 is 0 Å². The van der Waals surface area contributed by atoms with E-state index in [2.05, 4.69) is 4.90 Å². The van der Waals surface area contributed by atoms with Crippen LogP contribution in [0.1, 0.15) is 13.8 Å². The maximum absolute atomic E-state index is 13.3. The van der Waals surface area contributed by atoms with Crippen molar-refractivity contribution in [3.63, 3.8) is 0 Å². The number of para-hydroxylation sites is 1. The van der Waals surface area contributed by atoms with E-state index in [1.807, 2.05) is 37.3 Å². The number of hydrogen-bond acceptors (Lipinski definition) is 9. The Kier molecular flexibility index (Phi) is 7.12. The molecule has 0 spiro atoms. The molecule has 1 N–H and O–H groups in total. The summed E-state index contributed by atoms with van der Waals surface area (Å²) >= 11 is 8.83.